The van der Waals surface area contributed by atoms with Gasteiger partial charge in [-0.25, -0.2) is 18.7 Å². The molecule has 186 valence electrons. The molecule has 0 spiro atoms. The lowest BCUT2D eigenvalue weighted by Crippen LogP contribution is -2.24. The van der Waals surface area contributed by atoms with Crippen LogP contribution in [0.2, 0.25) is 0 Å². The van der Waals surface area contributed by atoms with E-state index in [2.05, 4.69) is 10.3 Å². The molecule has 4 aromatic rings. The lowest BCUT2D eigenvalue weighted by atomic mass is 10.0. The fourth-order valence-corrected chi connectivity index (χ4v) is 4.19. The van der Waals surface area contributed by atoms with E-state index in [0.717, 1.165) is 25.0 Å². The van der Waals surface area contributed by atoms with E-state index in [0.29, 0.717) is 51.4 Å². The van der Waals surface area contributed by atoms with Gasteiger partial charge in [0.05, 0.1) is 29.5 Å². The van der Waals surface area contributed by atoms with Gasteiger partial charge in [0.25, 0.3) is 5.91 Å². The normalized spacial score (nSPS) is 12.6. The maximum atomic E-state index is 14.4. The van der Waals surface area contributed by atoms with Gasteiger partial charge in [-0.1, -0.05) is 6.08 Å². The number of nitrogens with one attached hydrogen (secondary N) is 1. The van der Waals surface area contributed by atoms with E-state index in [1.54, 1.807) is 42.6 Å². The maximum absolute atomic E-state index is 14.4. The number of aliphatic imine (C=N–C) groups is 1. The van der Waals surface area contributed by atoms with Crippen molar-refractivity contribution in [3.8, 4) is 28.3 Å². The van der Waals surface area contributed by atoms with Crippen LogP contribution in [-0.2, 0) is 0 Å². The second-order valence-corrected chi connectivity index (χ2v) is 8.65. The first-order chi connectivity index (χ1) is 18.0. The SMILES string of the molecule is COc1cc(F)cc(-c2nc3cc(C(=O)NCCCC4=NC=CC4)ccc3nc2-c2ccc(F)cc2)c1. The zero-order chi connectivity index (χ0) is 25.8. The van der Waals surface area contributed by atoms with Crippen LogP contribution in [0.3, 0.4) is 0 Å². The van der Waals surface area contributed by atoms with Gasteiger partial charge in [-0.2, -0.15) is 0 Å². The molecule has 0 fully saturated rings. The van der Waals surface area contributed by atoms with Gasteiger partial charge in [0.1, 0.15) is 17.4 Å². The summed E-state index contributed by atoms with van der Waals surface area (Å²) in [5.74, 6) is -0.759. The Morgan fingerprint density at radius 2 is 1.70 bits per heavy atom. The first-order valence-corrected chi connectivity index (χ1v) is 11.9. The number of rotatable bonds is 8. The molecule has 1 aliphatic rings. The Kier molecular flexibility index (Phi) is 6.98. The van der Waals surface area contributed by atoms with Crippen molar-refractivity contribution in [2.24, 2.45) is 4.99 Å². The van der Waals surface area contributed by atoms with Crippen LogP contribution in [-0.4, -0.2) is 35.2 Å². The Hall–Kier alpha value is -4.46. The monoisotopic (exact) mass is 498 g/mol. The van der Waals surface area contributed by atoms with Crippen LogP contribution < -0.4 is 10.1 Å². The van der Waals surface area contributed by atoms with Crippen molar-refractivity contribution >= 4 is 22.7 Å². The molecule has 6 nitrogen and oxygen atoms in total. The standard InChI is InChI=1S/C29H24F2N4O2/c1-37-24-15-20(14-22(31)17-24)28-27(18-6-9-21(30)10-7-18)34-25-11-8-19(16-26(25)35-28)29(36)33-13-3-5-23-4-2-12-32-23/h2,6-12,14-17H,3-5,13H2,1H3,(H,33,36). The molecule has 0 bridgehead atoms. The molecule has 2 heterocycles. The Morgan fingerprint density at radius 1 is 0.919 bits per heavy atom. The second kappa shape index (κ2) is 10.7. The maximum Gasteiger partial charge on any atom is 0.251 e. The van der Waals surface area contributed by atoms with Gasteiger partial charge in [-0.15, -0.1) is 0 Å². The Bertz CT molecular complexity index is 1530. The summed E-state index contributed by atoms with van der Waals surface area (Å²) in [6.45, 7) is 0.527. The van der Waals surface area contributed by atoms with Crippen molar-refractivity contribution in [2.45, 2.75) is 19.3 Å². The average molecular weight is 499 g/mol. The minimum Gasteiger partial charge on any atom is -0.497 e. The van der Waals surface area contributed by atoms with E-state index in [1.165, 1.54) is 31.4 Å². The van der Waals surface area contributed by atoms with Gasteiger partial charge in [0.2, 0.25) is 0 Å². The number of hydrogen-bond acceptors (Lipinski definition) is 5. The van der Waals surface area contributed by atoms with Crippen molar-refractivity contribution in [3.05, 3.63) is 90.1 Å². The van der Waals surface area contributed by atoms with Crippen molar-refractivity contribution in [1.82, 2.24) is 15.3 Å². The Balaban J connectivity index is 1.48. The molecule has 1 aliphatic heterocycles. The minimum atomic E-state index is -0.492. The zero-order valence-electron chi connectivity index (χ0n) is 20.2. The fourth-order valence-electron chi connectivity index (χ4n) is 4.19. The zero-order valence-corrected chi connectivity index (χ0v) is 20.2. The van der Waals surface area contributed by atoms with Gasteiger partial charge < -0.3 is 10.1 Å². The molecule has 0 unspecified atom stereocenters. The summed E-state index contributed by atoms with van der Waals surface area (Å²) >= 11 is 0. The lowest BCUT2D eigenvalue weighted by Gasteiger charge is -2.13. The average Bonchev–Trinajstić information content (AvgIpc) is 3.43. The van der Waals surface area contributed by atoms with Crippen LogP contribution >= 0.6 is 0 Å². The molecule has 0 radical (unpaired) electrons. The highest BCUT2D eigenvalue weighted by Crippen LogP contribution is 2.33. The van der Waals surface area contributed by atoms with Crippen LogP contribution in [0.25, 0.3) is 33.5 Å². The Labute approximate surface area is 212 Å². The topological polar surface area (TPSA) is 76.5 Å². The molecule has 0 saturated heterocycles. The predicted molar refractivity (Wildman–Crippen MR) is 140 cm³/mol. The molecule has 0 saturated carbocycles. The van der Waals surface area contributed by atoms with Crippen LogP contribution in [0, 0.1) is 11.6 Å². The number of ether oxygens (including phenoxy) is 1. The summed E-state index contributed by atoms with van der Waals surface area (Å²) in [5.41, 5.74) is 4.51. The van der Waals surface area contributed by atoms with E-state index >= 15 is 0 Å². The molecule has 1 N–H and O–H groups in total. The summed E-state index contributed by atoms with van der Waals surface area (Å²) in [6.07, 6.45) is 6.32. The highest BCUT2D eigenvalue weighted by molar-refractivity contribution is 5.98. The number of aromatic nitrogens is 2. The van der Waals surface area contributed by atoms with E-state index in [1.807, 2.05) is 6.08 Å². The van der Waals surface area contributed by atoms with Gasteiger partial charge in [0.15, 0.2) is 0 Å². The van der Waals surface area contributed by atoms with Crippen LogP contribution in [0.1, 0.15) is 29.6 Å². The van der Waals surface area contributed by atoms with E-state index in [4.69, 9.17) is 14.7 Å². The summed E-state index contributed by atoms with van der Waals surface area (Å²) in [6, 6.07) is 15.2. The van der Waals surface area contributed by atoms with Gasteiger partial charge >= 0.3 is 0 Å². The van der Waals surface area contributed by atoms with Crippen LogP contribution in [0.15, 0.2) is 77.9 Å². The van der Waals surface area contributed by atoms with E-state index in [-0.39, 0.29) is 11.7 Å². The summed E-state index contributed by atoms with van der Waals surface area (Å²) < 4.78 is 33.2. The lowest BCUT2D eigenvalue weighted by molar-refractivity contribution is 0.0953. The molecule has 3 aromatic carbocycles. The number of allylic oxidation sites excluding steroid dienone is 1. The summed E-state index contributed by atoms with van der Waals surface area (Å²) in [7, 11) is 1.45. The molecule has 1 aromatic heterocycles. The molecule has 0 atom stereocenters. The van der Waals surface area contributed by atoms with Gasteiger partial charge in [-0.3, -0.25) is 9.79 Å². The third kappa shape index (κ3) is 5.53. The van der Waals surface area contributed by atoms with Crippen molar-refractivity contribution < 1.29 is 18.3 Å². The number of methoxy groups -OCH3 is 1. The number of halogens is 2. The second-order valence-electron chi connectivity index (χ2n) is 8.65. The number of nitrogens with zero attached hydrogens (tertiary/aromatic N) is 3. The third-order valence-electron chi connectivity index (χ3n) is 6.07. The van der Waals surface area contributed by atoms with Crippen LogP contribution in [0.5, 0.6) is 5.75 Å². The van der Waals surface area contributed by atoms with E-state index < -0.39 is 5.82 Å². The quantitative estimate of drug-likeness (QED) is 0.297. The highest BCUT2D eigenvalue weighted by Gasteiger charge is 2.17. The van der Waals surface area contributed by atoms with Crippen molar-refractivity contribution in [3.63, 3.8) is 0 Å². The van der Waals surface area contributed by atoms with Crippen molar-refractivity contribution in [1.29, 1.82) is 0 Å². The van der Waals surface area contributed by atoms with Gasteiger partial charge in [0, 0.05) is 47.6 Å². The first kappa shape index (κ1) is 24.2. The number of benzene rings is 3. The summed E-state index contributed by atoms with van der Waals surface area (Å²) in [4.78, 5) is 26.6. The van der Waals surface area contributed by atoms with E-state index in [9.17, 15) is 13.6 Å². The van der Waals surface area contributed by atoms with Gasteiger partial charge in [-0.05, 0) is 67.4 Å². The molecular formula is C29H24F2N4O2. The molecule has 0 aliphatic carbocycles. The number of hydrogen-bond donors (Lipinski definition) is 1. The fraction of sp³-hybridized carbons (Fsp3) is 0.172. The molecule has 8 heteroatoms. The van der Waals surface area contributed by atoms with Crippen molar-refractivity contribution in [2.75, 3.05) is 13.7 Å². The highest BCUT2D eigenvalue weighted by atomic mass is 19.1. The molecule has 1 amide bonds. The molecule has 5 rings (SSSR count). The summed E-state index contributed by atoms with van der Waals surface area (Å²) in [5, 5.41) is 2.93. The molecule has 37 heavy (non-hydrogen) atoms. The number of fused-ring (bicyclic) bond motifs is 1. The molecular weight excluding hydrogens is 474 g/mol. The largest absolute Gasteiger partial charge is 0.497 e. The van der Waals surface area contributed by atoms with Crippen LogP contribution in [0.4, 0.5) is 8.78 Å². The Morgan fingerprint density at radius 3 is 2.46 bits per heavy atom. The smallest absolute Gasteiger partial charge is 0.251 e. The number of carbonyl (C=O) groups is 1. The predicted octanol–water partition coefficient (Wildman–Crippen LogP) is 6.12. The third-order valence-corrected chi connectivity index (χ3v) is 6.07. The minimum absolute atomic E-state index is 0.216. The first-order valence-electron chi connectivity index (χ1n) is 11.9. The number of carbonyl (C=O) groups excluding carboxylic acids is 1. The number of amides is 1.